The number of hydrogen-bond donors (Lipinski definition) is 0. The summed E-state index contributed by atoms with van der Waals surface area (Å²) in [7, 11) is 0. The Hall–Kier alpha value is -2.91. The van der Waals surface area contributed by atoms with E-state index in [9.17, 15) is 19.8 Å². The summed E-state index contributed by atoms with van der Waals surface area (Å²) in [5, 5.41) is 19.2. The number of hydrogen-bond acceptors (Lipinski definition) is 8. The van der Waals surface area contributed by atoms with Gasteiger partial charge in [-0.1, -0.05) is 0 Å². The van der Waals surface area contributed by atoms with Gasteiger partial charge in [0.2, 0.25) is 0 Å². The molecule has 2 rings (SSSR count). The van der Waals surface area contributed by atoms with Crippen molar-refractivity contribution in [2.45, 2.75) is 27.1 Å². The van der Waals surface area contributed by atoms with Gasteiger partial charge in [0.15, 0.2) is 0 Å². The summed E-state index contributed by atoms with van der Waals surface area (Å²) in [6, 6.07) is 20.3. The molecule has 0 aliphatic rings. The van der Waals surface area contributed by atoms with E-state index in [1.807, 2.05) is 36.4 Å². The molecular weight excluding hydrogens is 464 g/mol. The third-order valence-corrected chi connectivity index (χ3v) is 4.03. The molecule has 0 bridgehead atoms. The number of benzene rings is 2. The molecule has 0 heterocycles. The molecule has 0 aliphatic carbocycles. The predicted octanol–water partition coefficient (Wildman–Crippen LogP) is 1.91. The number of rotatable bonds is 12. The number of aliphatic carboxylic acids is 2. The zero-order chi connectivity index (χ0) is 24.6. The Morgan fingerprint density at radius 1 is 0.727 bits per heavy atom. The van der Waals surface area contributed by atoms with Crippen LogP contribution in [0, 0.1) is 0 Å². The summed E-state index contributed by atoms with van der Waals surface area (Å²) in [4.78, 5) is 19.2. The SMILES string of the molecule is CCOC=CC(=O)[O-].CCOC=CC(=O)[O-].c1ccc(C[O][Ti+2][O]Cc2ccccc2)cc1. The van der Waals surface area contributed by atoms with Gasteiger partial charge in [0, 0.05) is 0 Å². The van der Waals surface area contributed by atoms with Crippen molar-refractivity contribution in [2.24, 2.45) is 0 Å². The van der Waals surface area contributed by atoms with E-state index in [4.69, 9.17) is 6.64 Å². The minimum absolute atomic E-state index is 0.476. The van der Waals surface area contributed by atoms with E-state index >= 15 is 0 Å². The van der Waals surface area contributed by atoms with Gasteiger partial charge in [-0.05, 0) is 26.0 Å². The summed E-state index contributed by atoms with van der Waals surface area (Å²) in [6.07, 6.45) is 3.86. The van der Waals surface area contributed by atoms with Crippen LogP contribution in [0.4, 0.5) is 0 Å². The fraction of sp³-hybridized carbons (Fsp3) is 0.250. The zero-order valence-electron chi connectivity index (χ0n) is 18.7. The second-order valence-electron chi connectivity index (χ2n) is 5.79. The second-order valence-corrected chi connectivity index (χ2v) is 6.95. The Bertz CT molecular complexity index is 727. The fourth-order valence-electron chi connectivity index (χ4n) is 1.82. The number of carbonyl (C=O) groups is 2. The number of carboxylic acids is 2. The number of ether oxygens (including phenoxy) is 2. The van der Waals surface area contributed by atoms with Crippen LogP contribution >= 0.6 is 0 Å². The monoisotopic (exact) mass is 492 g/mol. The molecule has 9 heteroatoms. The first kappa shape index (κ1) is 30.1. The summed E-state index contributed by atoms with van der Waals surface area (Å²) >= 11 is -0.756. The van der Waals surface area contributed by atoms with Crippen LogP contribution in [0.3, 0.4) is 0 Å². The molecule has 8 nitrogen and oxygen atoms in total. The van der Waals surface area contributed by atoms with Gasteiger partial charge in [0.25, 0.3) is 0 Å². The Morgan fingerprint density at radius 3 is 1.39 bits per heavy atom. The van der Waals surface area contributed by atoms with Gasteiger partial charge in [-0.3, -0.25) is 0 Å². The van der Waals surface area contributed by atoms with E-state index < -0.39 is 31.9 Å². The van der Waals surface area contributed by atoms with Crippen LogP contribution < -0.4 is 10.2 Å². The van der Waals surface area contributed by atoms with E-state index in [0.29, 0.717) is 26.4 Å². The Balaban J connectivity index is 0.000000539. The standard InChI is InChI=1S/2C7H7O.2C5H8O3.Ti/c2*8-6-7-4-2-1-3-5-7;2*1-2-8-4-3-5(6)7;/h2*1-5H,6H2;2*3-4H,2H2,1H3,(H,6,7);/q2*-1;;;+4/p-2. The summed E-state index contributed by atoms with van der Waals surface area (Å²) < 4.78 is 20.2. The summed E-state index contributed by atoms with van der Waals surface area (Å²) in [5.41, 5.74) is 2.39. The van der Waals surface area contributed by atoms with Crippen molar-refractivity contribution in [1.82, 2.24) is 0 Å². The van der Waals surface area contributed by atoms with Crippen LogP contribution in [0.2, 0.25) is 0 Å². The molecule has 0 atom stereocenters. The average Bonchev–Trinajstić information content (AvgIpc) is 2.81. The van der Waals surface area contributed by atoms with Crippen molar-refractivity contribution in [3.05, 3.63) is 96.5 Å². The first-order valence-corrected chi connectivity index (χ1v) is 11.3. The molecule has 2 aromatic carbocycles. The van der Waals surface area contributed by atoms with E-state index in [2.05, 4.69) is 33.7 Å². The molecule has 0 N–H and O–H groups in total. The minimum atomic E-state index is -1.24. The van der Waals surface area contributed by atoms with Gasteiger partial charge in [-0.15, -0.1) is 0 Å². The molecule has 0 aromatic heterocycles. The molecule has 0 unspecified atom stereocenters. The van der Waals surface area contributed by atoms with Gasteiger partial charge < -0.3 is 29.3 Å². The van der Waals surface area contributed by atoms with E-state index in [1.54, 1.807) is 13.8 Å². The van der Waals surface area contributed by atoms with Crippen LogP contribution in [-0.4, -0.2) is 25.2 Å². The summed E-state index contributed by atoms with van der Waals surface area (Å²) in [6.45, 7) is 5.78. The van der Waals surface area contributed by atoms with Crippen LogP contribution in [0.25, 0.3) is 0 Å². The third kappa shape index (κ3) is 22.1. The predicted molar refractivity (Wildman–Crippen MR) is 114 cm³/mol. The Kier molecular flexibility index (Phi) is 20.3. The van der Waals surface area contributed by atoms with E-state index in [1.165, 1.54) is 11.1 Å². The van der Waals surface area contributed by atoms with Crippen molar-refractivity contribution in [1.29, 1.82) is 0 Å². The van der Waals surface area contributed by atoms with Gasteiger partial charge in [0.1, 0.15) is 0 Å². The van der Waals surface area contributed by atoms with Crippen molar-refractivity contribution < 1.29 is 55.8 Å². The van der Waals surface area contributed by atoms with Crippen LogP contribution in [0.15, 0.2) is 85.3 Å². The second kappa shape index (κ2) is 22.3. The molecular formula is C24H28O8Ti. The fourth-order valence-corrected chi connectivity index (χ4v) is 2.65. The van der Waals surface area contributed by atoms with Crippen LogP contribution in [-0.2, 0) is 58.8 Å². The third-order valence-electron chi connectivity index (χ3n) is 3.22. The topological polar surface area (TPSA) is 117 Å². The molecule has 33 heavy (non-hydrogen) atoms. The Morgan fingerprint density at radius 2 is 1.09 bits per heavy atom. The molecule has 0 fully saturated rings. The van der Waals surface area contributed by atoms with Crippen molar-refractivity contribution in [3.8, 4) is 0 Å². The van der Waals surface area contributed by atoms with Gasteiger partial charge >= 0.3 is 112 Å². The van der Waals surface area contributed by atoms with Gasteiger partial charge in [-0.2, -0.15) is 0 Å². The zero-order valence-corrected chi connectivity index (χ0v) is 20.2. The average molecular weight is 492 g/mol. The van der Waals surface area contributed by atoms with Gasteiger partial charge in [-0.25, -0.2) is 0 Å². The molecule has 0 aliphatic heterocycles. The molecule has 0 saturated heterocycles. The molecule has 0 radical (unpaired) electrons. The maximum atomic E-state index is 9.60. The van der Waals surface area contributed by atoms with Crippen molar-refractivity contribution >= 4 is 11.9 Å². The molecule has 176 valence electrons. The summed E-state index contributed by atoms with van der Waals surface area (Å²) in [5.74, 6) is -2.48. The van der Waals surface area contributed by atoms with E-state index in [0.717, 1.165) is 24.7 Å². The molecule has 0 amide bonds. The van der Waals surface area contributed by atoms with Crippen LogP contribution in [0.1, 0.15) is 25.0 Å². The first-order valence-electron chi connectivity index (χ1n) is 10.0. The quantitative estimate of drug-likeness (QED) is 0.191. The van der Waals surface area contributed by atoms with Crippen molar-refractivity contribution in [2.75, 3.05) is 13.2 Å². The molecule has 0 saturated carbocycles. The Labute approximate surface area is 204 Å². The van der Waals surface area contributed by atoms with Gasteiger partial charge in [0.05, 0.1) is 37.7 Å². The van der Waals surface area contributed by atoms with Crippen molar-refractivity contribution in [3.63, 3.8) is 0 Å². The van der Waals surface area contributed by atoms with E-state index in [-0.39, 0.29) is 0 Å². The van der Waals surface area contributed by atoms with Crippen LogP contribution in [0.5, 0.6) is 0 Å². The normalized spacial score (nSPS) is 9.76. The maximum absolute atomic E-state index is 9.60. The first-order chi connectivity index (χ1) is 16.0. The number of carboxylic acid groups (broad SMARTS) is 2. The number of carbonyl (C=O) groups excluding carboxylic acids is 2. The molecule has 0 spiro atoms. The molecule has 2 aromatic rings.